The molecule has 86 valence electrons. The number of alkyl halides is 3. The Morgan fingerprint density at radius 2 is 2.07 bits per heavy atom. The van der Waals surface area contributed by atoms with Crippen molar-refractivity contribution in [3.05, 3.63) is 11.6 Å². The lowest BCUT2D eigenvalue weighted by Crippen LogP contribution is -2.31. The van der Waals surface area contributed by atoms with E-state index in [1.165, 1.54) is 7.05 Å². The quantitative estimate of drug-likeness (QED) is 0.723. The molecule has 1 N–H and O–H groups in total. The minimum atomic E-state index is -4.24. The number of hydrogen-bond acceptors (Lipinski definition) is 1. The number of nitrogens with one attached hydrogen (secondary N) is 1. The largest absolute Gasteiger partial charge is 0.395 e. The van der Waals surface area contributed by atoms with E-state index in [-0.39, 0.29) is 17.9 Å². The summed E-state index contributed by atoms with van der Waals surface area (Å²) < 4.78 is 37.3. The molecule has 0 bridgehead atoms. The molecule has 2 unspecified atom stereocenters. The minimum Gasteiger partial charge on any atom is -0.355 e. The Balaban J connectivity index is 2.91. The first-order chi connectivity index (χ1) is 6.86. The van der Waals surface area contributed by atoms with Gasteiger partial charge in [-0.25, -0.2) is 0 Å². The number of carbonyl (C=O) groups excluding carboxylic acids is 1. The van der Waals surface area contributed by atoms with Gasteiger partial charge >= 0.3 is 6.18 Å². The average molecular weight is 221 g/mol. The molecule has 0 aromatic carbocycles. The van der Waals surface area contributed by atoms with Crippen LogP contribution in [-0.2, 0) is 4.79 Å². The van der Waals surface area contributed by atoms with Crippen molar-refractivity contribution in [2.45, 2.75) is 25.9 Å². The fourth-order valence-electron chi connectivity index (χ4n) is 1.75. The zero-order valence-electron chi connectivity index (χ0n) is 8.69. The van der Waals surface area contributed by atoms with Crippen LogP contribution in [-0.4, -0.2) is 19.1 Å². The standard InChI is InChI=1S/C10H14F3NO/c1-6-3-4-7(10(11,12)13)5-8(6)9(15)14-2/h5-7H,3-4H2,1-2H3,(H,14,15). The summed E-state index contributed by atoms with van der Waals surface area (Å²) in [5.41, 5.74) is 0.256. The molecule has 0 aromatic heterocycles. The number of allylic oxidation sites excluding steroid dienone is 1. The minimum absolute atomic E-state index is 0.0746. The molecular formula is C10H14F3NO. The molecule has 2 nitrogen and oxygen atoms in total. The van der Waals surface area contributed by atoms with Gasteiger partial charge in [-0.1, -0.05) is 13.0 Å². The summed E-state index contributed by atoms with van der Waals surface area (Å²) in [5.74, 6) is -1.97. The van der Waals surface area contributed by atoms with Gasteiger partial charge in [-0.3, -0.25) is 4.79 Å². The monoisotopic (exact) mass is 221 g/mol. The average Bonchev–Trinajstić information content (AvgIpc) is 2.15. The molecule has 0 aliphatic heterocycles. The summed E-state index contributed by atoms with van der Waals surface area (Å²) in [6.07, 6.45) is -2.69. The Morgan fingerprint density at radius 1 is 1.47 bits per heavy atom. The molecule has 0 spiro atoms. The molecular weight excluding hydrogens is 207 g/mol. The van der Waals surface area contributed by atoms with Crippen LogP contribution in [0.15, 0.2) is 11.6 Å². The highest BCUT2D eigenvalue weighted by atomic mass is 19.4. The van der Waals surface area contributed by atoms with Crippen LogP contribution in [0, 0.1) is 11.8 Å². The van der Waals surface area contributed by atoms with Crippen LogP contribution in [0.25, 0.3) is 0 Å². The van der Waals surface area contributed by atoms with Gasteiger partial charge in [0.05, 0.1) is 5.92 Å². The van der Waals surface area contributed by atoms with E-state index in [0.717, 1.165) is 6.08 Å². The number of rotatable bonds is 1. The Bertz CT molecular complexity index is 283. The summed E-state index contributed by atoms with van der Waals surface area (Å²) >= 11 is 0. The van der Waals surface area contributed by atoms with Crippen LogP contribution < -0.4 is 5.32 Å². The lowest BCUT2D eigenvalue weighted by atomic mass is 9.82. The van der Waals surface area contributed by atoms with E-state index in [4.69, 9.17) is 0 Å². The van der Waals surface area contributed by atoms with Crippen LogP contribution in [0.3, 0.4) is 0 Å². The van der Waals surface area contributed by atoms with Crippen LogP contribution >= 0.6 is 0 Å². The third-order valence-corrected chi connectivity index (χ3v) is 2.73. The Kier molecular flexibility index (Phi) is 3.42. The molecule has 1 aliphatic carbocycles. The molecule has 1 amide bonds. The highest BCUT2D eigenvalue weighted by Gasteiger charge is 2.41. The first-order valence-electron chi connectivity index (χ1n) is 4.86. The zero-order chi connectivity index (χ0) is 11.6. The molecule has 0 aromatic rings. The molecule has 2 atom stereocenters. The second kappa shape index (κ2) is 4.24. The fourth-order valence-corrected chi connectivity index (χ4v) is 1.75. The van der Waals surface area contributed by atoms with Crippen molar-refractivity contribution in [3.8, 4) is 0 Å². The molecule has 0 saturated heterocycles. The number of carbonyl (C=O) groups is 1. The smallest absolute Gasteiger partial charge is 0.355 e. The predicted molar refractivity (Wildman–Crippen MR) is 50.1 cm³/mol. The van der Waals surface area contributed by atoms with E-state index in [2.05, 4.69) is 5.32 Å². The van der Waals surface area contributed by atoms with Gasteiger partial charge in [0, 0.05) is 12.6 Å². The van der Waals surface area contributed by atoms with Gasteiger partial charge in [0.2, 0.25) is 5.91 Å². The zero-order valence-corrected chi connectivity index (χ0v) is 8.69. The summed E-state index contributed by atoms with van der Waals surface area (Å²) in [7, 11) is 1.42. The van der Waals surface area contributed by atoms with Crippen LogP contribution in [0.5, 0.6) is 0 Å². The molecule has 1 rings (SSSR count). The molecule has 0 saturated carbocycles. The second-order valence-electron chi connectivity index (χ2n) is 3.83. The van der Waals surface area contributed by atoms with Crippen molar-refractivity contribution in [2.75, 3.05) is 7.05 Å². The van der Waals surface area contributed by atoms with Crippen molar-refractivity contribution in [1.82, 2.24) is 5.32 Å². The Hall–Kier alpha value is -1.00. The van der Waals surface area contributed by atoms with Gasteiger partial charge in [-0.15, -0.1) is 0 Å². The maximum absolute atomic E-state index is 12.4. The third-order valence-electron chi connectivity index (χ3n) is 2.73. The number of hydrogen-bond donors (Lipinski definition) is 1. The summed E-state index contributed by atoms with van der Waals surface area (Å²) in [5, 5.41) is 2.36. The predicted octanol–water partition coefficient (Wildman–Crippen LogP) is 2.27. The van der Waals surface area contributed by atoms with Crippen molar-refractivity contribution in [3.63, 3.8) is 0 Å². The van der Waals surface area contributed by atoms with E-state index >= 15 is 0 Å². The third kappa shape index (κ3) is 2.73. The maximum atomic E-state index is 12.4. The van der Waals surface area contributed by atoms with Crippen molar-refractivity contribution in [2.24, 2.45) is 11.8 Å². The fraction of sp³-hybridized carbons (Fsp3) is 0.700. The van der Waals surface area contributed by atoms with E-state index in [9.17, 15) is 18.0 Å². The van der Waals surface area contributed by atoms with E-state index in [0.29, 0.717) is 6.42 Å². The van der Waals surface area contributed by atoms with Gasteiger partial charge < -0.3 is 5.32 Å². The second-order valence-corrected chi connectivity index (χ2v) is 3.83. The summed E-state index contributed by atoms with van der Waals surface area (Å²) in [6.45, 7) is 1.77. The van der Waals surface area contributed by atoms with Crippen molar-refractivity contribution >= 4 is 5.91 Å². The number of halogens is 3. The van der Waals surface area contributed by atoms with Gasteiger partial charge in [-0.2, -0.15) is 13.2 Å². The van der Waals surface area contributed by atoms with Gasteiger partial charge in [0.25, 0.3) is 0 Å². The first kappa shape index (κ1) is 12.1. The first-order valence-corrected chi connectivity index (χ1v) is 4.86. The topological polar surface area (TPSA) is 29.1 Å². The van der Waals surface area contributed by atoms with Crippen molar-refractivity contribution < 1.29 is 18.0 Å². The summed E-state index contributed by atoms with van der Waals surface area (Å²) in [6, 6.07) is 0. The molecule has 1 aliphatic rings. The normalized spacial score (nSPS) is 27.1. The van der Waals surface area contributed by atoms with Crippen LogP contribution in [0.4, 0.5) is 13.2 Å². The van der Waals surface area contributed by atoms with E-state index in [1.807, 2.05) is 0 Å². The maximum Gasteiger partial charge on any atom is 0.395 e. The highest BCUT2D eigenvalue weighted by Crippen LogP contribution is 2.38. The molecule has 0 fully saturated rings. The highest BCUT2D eigenvalue weighted by molar-refractivity contribution is 5.93. The van der Waals surface area contributed by atoms with E-state index in [1.54, 1.807) is 6.92 Å². The van der Waals surface area contributed by atoms with E-state index < -0.39 is 18.0 Å². The lowest BCUT2D eigenvalue weighted by Gasteiger charge is -2.26. The van der Waals surface area contributed by atoms with Crippen molar-refractivity contribution in [1.29, 1.82) is 0 Å². The number of amides is 1. The van der Waals surface area contributed by atoms with Crippen LogP contribution in [0.2, 0.25) is 0 Å². The number of likely N-dealkylation sites (N-methyl/N-ethyl adjacent to an activating group) is 1. The molecule has 0 heterocycles. The summed E-state index contributed by atoms with van der Waals surface area (Å²) in [4.78, 5) is 11.3. The van der Waals surface area contributed by atoms with Gasteiger partial charge in [0.1, 0.15) is 0 Å². The van der Waals surface area contributed by atoms with Gasteiger partial charge in [0.15, 0.2) is 0 Å². The lowest BCUT2D eigenvalue weighted by molar-refractivity contribution is -0.164. The molecule has 0 radical (unpaired) electrons. The molecule has 5 heteroatoms. The SMILES string of the molecule is CNC(=O)C1=CC(C(F)(F)F)CCC1C. The Labute approximate surface area is 86.5 Å². The van der Waals surface area contributed by atoms with Crippen LogP contribution in [0.1, 0.15) is 19.8 Å². The van der Waals surface area contributed by atoms with Gasteiger partial charge in [-0.05, 0) is 18.8 Å². The molecule has 15 heavy (non-hydrogen) atoms. The Morgan fingerprint density at radius 3 is 2.53 bits per heavy atom.